The fourth-order valence-electron chi connectivity index (χ4n) is 8.17. The number of halogens is 9. The number of fused-ring (bicyclic) bond motifs is 3. The molecule has 0 aliphatic heterocycles. The Hall–Kier alpha value is -8.34. The van der Waals surface area contributed by atoms with Crippen LogP contribution in [0, 0.1) is 0 Å². The Kier molecular flexibility index (Phi) is 22.2. The van der Waals surface area contributed by atoms with E-state index in [9.17, 15) is 64.8 Å². The summed E-state index contributed by atoms with van der Waals surface area (Å²) in [5, 5.41) is 0. The maximum atomic E-state index is 12.7. The molecule has 9 aromatic rings. The molecule has 0 unspecified atom stereocenters. The van der Waals surface area contributed by atoms with Gasteiger partial charge in [0.05, 0.1) is 53.3 Å². The predicted octanol–water partition coefficient (Wildman–Crippen LogP) is 15.9. The van der Waals surface area contributed by atoms with Gasteiger partial charge in [-0.05, 0) is 152 Å². The number of ether oxygens (including phenoxy) is 7. The van der Waals surface area contributed by atoms with Gasteiger partial charge in [0, 0.05) is 39.9 Å². The minimum Gasteiger partial charge on any atom is -0.425 e. The third-order valence-electron chi connectivity index (χ3n) is 13.6. The van der Waals surface area contributed by atoms with Crippen LogP contribution in [0.3, 0.4) is 0 Å². The number of sulfonamides is 1. The van der Waals surface area contributed by atoms with Crippen molar-refractivity contribution >= 4 is 76.8 Å². The van der Waals surface area contributed by atoms with E-state index in [1.54, 1.807) is 109 Å². The summed E-state index contributed by atoms with van der Waals surface area (Å²) in [5.41, 5.74) is 3.99. The van der Waals surface area contributed by atoms with Crippen LogP contribution in [0.25, 0.3) is 33.2 Å². The van der Waals surface area contributed by atoms with Crippen molar-refractivity contribution in [3.63, 3.8) is 0 Å². The van der Waals surface area contributed by atoms with Gasteiger partial charge in [-0.1, -0.05) is 50.0 Å². The SMILES string of the molecule is CC(C)(C)S(=O)(=O)Cc1ccc2c(c1)nc(Oc1cccc(OC(F)(F)F)c1)n2COCC[Si](C)(C)C.CC(C)(C)S(=O)(=O)Cc1ccc2nc(Oc3cccc(OC(F)(F)F)c3)[nH]c2c1.CN(c1ccc2[nH]c(Oc3cccc(OC(F)(F)F)c3)nc2n1)S(=O)(=O)C(C)(C)C. The summed E-state index contributed by atoms with van der Waals surface area (Å²) in [4.78, 5) is 22.8. The molecule has 0 aliphatic rings. The Bertz CT molecular complexity index is 4560. The summed E-state index contributed by atoms with van der Waals surface area (Å²) in [6, 6.07) is 29.4. The fraction of sp³-hybridized carbons (Fsp3) is 0.387. The molecule has 2 N–H and O–H groups in total. The van der Waals surface area contributed by atoms with Crippen LogP contribution in [-0.2, 0) is 52.7 Å². The lowest BCUT2D eigenvalue weighted by Crippen LogP contribution is -2.41. The van der Waals surface area contributed by atoms with Crippen molar-refractivity contribution in [2.75, 3.05) is 18.0 Å². The van der Waals surface area contributed by atoms with Gasteiger partial charge < -0.3 is 43.1 Å². The molecule has 9 rings (SSSR count). The monoisotopic (exact) mass is 1430 g/mol. The van der Waals surface area contributed by atoms with E-state index in [-0.39, 0.29) is 65.0 Å². The summed E-state index contributed by atoms with van der Waals surface area (Å²) in [5.74, 6) is -1.14. The van der Waals surface area contributed by atoms with Crippen LogP contribution in [0.1, 0.15) is 73.4 Å². The van der Waals surface area contributed by atoms with E-state index < -0.39 is 88.3 Å². The second-order valence-corrected chi connectivity index (χ2v) is 39.5. The van der Waals surface area contributed by atoms with Crippen LogP contribution in [0.5, 0.6) is 52.5 Å². The number of nitrogens with one attached hydrogen (secondary N) is 2. The highest BCUT2D eigenvalue weighted by atomic mass is 32.2. The number of H-pyrrole nitrogens is 2. The maximum absolute atomic E-state index is 12.7. The van der Waals surface area contributed by atoms with E-state index in [0.29, 0.717) is 45.3 Å². The van der Waals surface area contributed by atoms with E-state index >= 15 is 0 Å². The summed E-state index contributed by atoms with van der Waals surface area (Å²) in [6.07, 6.45) is -14.5. The Labute approximate surface area is 549 Å². The quantitative estimate of drug-likeness (QED) is 0.0408. The van der Waals surface area contributed by atoms with Gasteiger partial charge in [0.15, 0.2) is 25.3 Å². The van der Waals surface area contributed by atoms with Gasteiger partial charge in [-0.15, -0.1) is 39.5 Å². The van der Waals surface area contributed by atoms with Crippen LogP contribution >= 0.6 is 0 Å². The van der Waals surface area contributed by atoms with Crippen LogP contribution in [-0.4, -0.2) is 115 Å². The molecule has 34 heteroatoms. The molecule has 0 amide bonds. The van der Waals surface area contributed by atoms with Crippen LogP contribution in [0.15, 0.2) is 121 Å². The van der Waals surface area contributed by atoms with Crippen molar-refractivity contribution in [2.24, 2.45) is 0 Å². The van der Waals surface area contributed by atoms with E-state index in [0.717, 1.165) is 40.7 Å². The lowest BCUT2D eigenvalue weighted by atomic mass is 10.2. The topological polar surface area (TPSA) is 258 Å². The standard InChI is InChI=1S/C25H33F3N2O5SSi.C19H19F3N2O4S.C18H19F3N4O4S/c1-24(2,3)36(31,32)16-18-10-11-22-21(14-18)29-23(30(22)17-33-12-13-37(4,5)6)34-19-8-7-9-20(15-19)35-25(26,27)28;1-18(2,3)29(25,26)11-12-7-8-15-16(9-12)24-17(23-15)27-13-5-4-6-14(10-13)28-19(20,21)22;1-17(2,3)30(26,27)25(4)14-9-8-13-15(23-14)24-16(22-13)28-11-6-5-7-12(10-11)29-18(19,20)21/h7-11,14-15H,12-13,16-17H2,1-6H3;4-10H,11H2,1-3H3,(H,23,24);5-10H,1-4H3,(H,22,23,24). The number of sulfone groups is 2. The summed E-state index contributed by atoms with van der Waals surface area (Å²) >= 11 is 0. The van der Waals surface area contributed by atoms with E-state index in [1.165, 1.54) is 55.6 Å². The molecule has 0 atom stereocenters. The van der Waals surface area contributed by atoms with Crippen molar-refractivity contribution in [1.29, 1.82) is 0 Å². The highest BCUT2D eigenvalue weighted by molar-refractivity contribution is 7.94. The highest BCUT2D eigenvalue weighted by Gasteiger charge is 2.36. The van der Waals surface area contributed by atoms with Crippen LogP contribution in [0.2, 0.25) is 25.7 Å². The van der Waals surface area contributed by atoms with Crippen LogP contribution < -0.4 is 32.7 Å². The van der Waals surface area contributed by atoms with Gasteiger partial charge in [0.2, 0.25) is 10.0 Å². The Morgan fingerprint density at radius 3 is 1.41 bits per heavy atom. The second-order valence-electron chi connectivity index (χ2n) is 25.7. The number of pyridine rings is 1. The molecule has 0 bridgehead atoms. The molecule has 4 heterocycles. The van der Waals surface area contributed by atoms with Gasteiger partial charge in [-0.3, -0.25) is 8.87 Å². The predicted molar refractivity (Wildman–Crippen MR) is 345 cm³/mol. The number of aromatic nitrogens is 7. The lowest BCUT2D eigenvalue weighted by Gasteiger charge is -2.27. The molecule has 0 saturated heterocycles. The Morgan fingerprint density at radius 1 is 0.490 bits per heavy atom. The number of hydrogen-bond donors (Lipinski definition) is 2. The number of benzene rings is 5. The molecule has 0 spiro atoms. The van der Waals surface area contributed by atoms with Gasteiger partial charge in [-0.25, -0.2) is 30.2 Å². The fourth-order valence-corrected chi connectivity index (χ4v) is 12.2. The largest absolute Gasteiger partial charge is 0.573 e. The van der Waals surface area contributed by atoms with Crippen molar-refractivity contribution in [3.05, 3.63) is 132 Å². The van der Waals surface area contributed by atoms with Crippen molar-refractivity contribution < 1.29 is 97.9 Å². The van der Waals surface area contributed by atoms with Crippen molar-refractivity contribution in [2.45, 2.75) is 140 Å². The summed E-state index contributed by atoms with van der Waals surface area (Å²) < 4.78 is 222. The Morgan fingerprint density at radius 2 is 0.938 bits per heavy atom. The molecule has 96 heavy (non-hydrogen) atoms. The van der Waals surface area contributed by atoms with Gasteiger partial charge in [0.25, 0.3) is 6.01 Å². The van der Waals surface area contributed by atoms with E-state index in [4.69, 9.17) is 18.9 Å². The zero-order chi connectivity index (χ0) is 71.4. The number of imidazole rings is 3. The minimum atomic E-state index is -4.83. The van der Waals surface area contributed by atoms with E-state index in [1.807, 2.05) is 0 Å². The minimum absolute atomic E-state index is 0.0276. The second kappa shape index (κ2) is 28.4. The number of rotatable bonds is 20. The number of nitrogens with zero attached hydrogens (tertiary/aromatic N) is 6. The van der Waals surface area contributed by atoms with Crippen molar-refractivity contribution in [1.82, 2.24) is 34.5 Å². The third-order valence-corrected chi connectivity index (χ3v) is 22.9. The van der Waals surface area contributed by atoms with Gasteiger partial charge in [0.1, 0.15) is 47.0 Å². The smallest absolute Gasteiger partial charge is 0.425 e. The molecule has 5 aromatic carbocycles. The molecule has 0 aliphatic carbocycles. The van der Waals surface area contributed by atoms with Crippen molar-refractivity contribution in [3.8, 4) is 52.5 Å². The van der Waals surface area contributed by atoms with E-state index in [2.05, 4.69) is 63.8 Å². The summed E-state index contributed by atoms with van der Waals surface area (Å²) in [6.45, 7) is 21.9. The molecular weight excluding hydrogens is 1360 g/mol. The molecule has 21 nitrogen and oxygen atoms in total. The third kappa shape index (κ3) is 21.1. The molecule has 0 saturated carbocycles. The highest BCUT2D eigenvalue weighted by Crippen LogP contribution is 2.35. The molecule has 4 aromatic heterocycles. The lowest BCUT2D eigenvalue weighted by molar-refractivity contribution is -0.275. The first kappa shape index (κ1) is 75.0. The average molecular weight is 1430 g/mol. The number of aromatic amines is 2. The van der Waals surface area contributed by atoms with Gasteiger partial charge in [-0.2, -0.15) is 15.0 Å². The first-order valence-corrected chi connectivity index (χ1v) is 37.4. The molecule has 0 fully saturated rings. The normalized spacial score (nSPS) is 13.0. The molecule has 522 valence electrons. The average Bonchev–Trinajstić information content (AvgIpc) is 1.55. The molecule has 0 radical (unpaired) electrons. The molecular formula is C62H71F9N8O13S3Si. The first-order valence-electron chi connectivity index (χ1n) is 29.0. The number of anilines is 1. The van der Waals surface area contributed by atoms with Gasteiger partial charge >= 0.3 is 31.1 Å². The number of hydrogen-bond acceptors (Lipinski definition) is 17. The maximum Gasteiger partial charge on any atom is 0.573 e. The first-order chi connectivity index (χ1) is 44.0. The zero-order valence-corrected chi connectivity index (χ0v) is 57.6. The zero-order valence-electron chi connectivity index (χ0n) is 54.2. The summed E-state index contributed by atoms with van der Waals surface area (Å²) in [7, 11) is -10.4. The Balaban J connectivity index is 0.000000205. The van der Waals surface area contributed by atoms with Crippen LogP contribution in [0.4, 0.5) is 45.3 Å². The number of alkyl halides is 9.